The van der Waals surface area contributed by atoms with Gasteiger partial charge in [-0.1, -0.05) is 18.2 Å². The Morgan fingerprint density at radius 1 is 1.29 bits per heavy atom. The average molecular weight is 328 g/mol. The summed E-state index contributed by atoms with van der Waals surface area (Å²) < 4.78 is 0. The zero-order chi connectivity index (χ0) is 13.2. The van der Waals surface area contributed by atoms with E-state index in [9.17, 15) is 4.79 Å². The van der Waals surface area contributed by atoms with Gasteiger partial charge in [0.1, 0.15) is 0 Å². The molecule has 1 amide bonds. The van der Waals surface area contributed by atoms with E-state index in [1.54, 1.807) is 6.20 Å². The number of fused-ring (bicyclic) bond motifs is 1. The van der Waals surface area contributed by atoms with Crippen molar-refractivity contribution in [1.29, 1.82) is 0 Å². The van der Waals surface area contributed by atoms with Crippen LogP contribution in [0.1, 0.15) is 17.3 Å². The second-order valence-corrected chi connectivity index (χ2v) is 4.93. The number of hydrogen-bond donors (Lipinski definition) is 1. The van der Waals surface area contributed by atoms with Crippen molar-refractivity contribution in [3.63, 3.8) is 0 Å². The largest absolute Gasteiger partial charge is 0.333 e. The highest BCUT2D eigenvalue weighted by Gasteiger charge is 2.25. The topological polar surface area (TPSA) is 45.2 Å². The summed E-state index contributed by atoms with van der Waals surface area (Å²) in [4.78, 5) is 19.0. The number of carbonyl (C=O) groups is 1. The van der Waals surface area contributed by atoms with Gasteiger partial charge in [-0.3, -0.25) is 9.78 Å². The van der Waals surface area contributed by atoms with Crippen molar-refractivity contribution < 1.29 is 4.79 Å². The molecule has 0 saturated carbocycles. The Morgan fingerprint density at radius 3 is 2.81 bits per heavy atom. The van der Waals surface area contributed by atoms with E-state index < -0.39 is 0 Å². The van der Waals surface area contributed by atoms with Crippen LogP contribution < -0.4 is 5.32 Å². The zero-order valence-electron chi connectivity index (χ0n) is 11.8. The minimum atomic E-state index is 0. The number of aromatic nitrogens is 1. The van der Waals surface area contributed by atoms with E-state index >= 15 is 0 Å². The maximum absolute atomic E-state index is 12.7. The van der Waals surface area contributed by atoms with Crippen LogP contribution in [-0.2, 0) is 0 Å². The van der Waals surface area contributed by atoms with E-state index in [-0.39, 0.29) is 36.8 Å². The molecule has 1 N–H and O–H groups in total. The Labute approximate surface area is 136 Å². The summed E-state index contributed by atoms with van der Waals surface area (Å²) in [5.41, 5.74) is 1.49. The highest BCUT2D eigenvalue weighted by Crippen LogP contribution is 2.19. The lowest BCUT2D eigenvalue weighted by molar-refractivity contribution is 0.0657. The van der Waals surface area contributed by atoms with Crippen LogP contribution in [0.25, 0.3) is 10.9 Å². The quantitative estimate of drug-likeness (QED) is 0.875. The molecular weight excluding hydrogens is 309 g/mol. The highest BCUT2D eigenvalue weighted by molar-refractivity contribution is 6.05. The van der Waals surface area contributed by atoms with Gasteiger partial charge in [0.25, 0.3) is 5.91 Å². The highest BCUT2D eigenvalue weighted by atomic mass is 35.5. The SMILES string of the molecule is CC1CNCCN1C(=O)c1cccc2cccnc12.Cl.Cl. The molecule has 2 aromatic rings. The van der Waals surface area contributed by atoms with E-state index in [4.69, 9.17) is 0 Å². The summed E-state index contributed by atoms with van der Waals surface area (Å²) in [5, 5.41) is 4.31. The van der Waals surface area contributed by atoms with Crippen molar-refractivity contribution in [2.45, 2.75) is 13.0 Å². The Balaban J connectivity index is 0.00000110. The first kappa shape index (κ1) is 17.7. The third-order valence-electron chi connectivity index (χ3n) is 3.63. The smallest absolute Gasteiger partial charge is 0.256 e. The molecule has 0 spiro atoms. The predicted molar refractivity (Wildman–Crippen MR) is 89.6 cm³/mol. The first-order chi connectivity index (χ1) is 9.27. The number of hydrogen-bond acceptors (Lipinski definition) is 3. The zero-order valence-corrected chi connectivity index (χ0v) is 13.4. The molecular formula is C15H19Cl2N3O. The molecule has 114 valence electrons. The number of halogens is 2. The van der Waals surface area contributed by atoms with Gasteiger partial charge in [-0.05, 0) is 19.1 Å². The molecule has 1 aliphatic rings. The van der Waals surface area contributed by atoms with E-state index in [1.807, 2.05) is 35.2 Å². The van der Waals surface area contributed by atoms with Gasteiger partial charge in [-0.15, -0.1) is 24.8 Å². The number of benzene rings is 1. The van der Waals surface area contributed by atoms with Crippen LogP contribution >= 0.6 is 24.8 Å². The van der Waals surface area contributed by atoms with Gasteiger partial charge >= 0.3 is 0 Å². The van der Waals surface area contributed by atoms with Gasteiger partial charge in [0.05, 0.1) is 11.1 Å². The van der Waals surface area contributed by atoms with Gasteiger partial charge < -0.3 is 10.2 Å². The number of para-hydroxylation sites is 1. The summed E-state index contributed by atoms with van der Waals surface area (Å²) in [6.07, 6.45) is 1.74. The van der Waals surface area contributed by atoms with Crippen LogP contribution in [0.2, 0.25) is 0 Å². The fourth-order valence-corrected chi connectivity index (χ4v) is 2.57. The van der Waals surface area contributed by atoms with Gasteiger partial charge in [0.2, 0.25) is 0 Å². The van der Waals surface area contributed by atoms with Crippen molar-refractivity contribution >= 4 is 41.6 Å². The van der Waals surface area contributed by atoms with Crippen molar-refractivity contribution in [2.24, 2.45) is 0 Å². The second-order valence-electron chi connectivity index (χ2n) is 4.93. The molecule has 1 fully saturated rings. The first-order valence-electron chi connectivity index (χ1n) is 6.63. The van der Waals surface area contributed by atoms with Crippen molar-refractivity contribution in [2.75, 3.05) is 19.6 Å². The van der Waals surface area contributed by atoms with Crippen LogP contribution in [-0.4, -0.2) is 41.5 Å². The lowest BCUT2D eigenvalue weighted by Crippen LogP contribution is -2.52. The Bertz CT molecular complexity index is 615. The molecule has 21 heavy (non-hydrogen) atoms. The fraction of sp³-hybridized carbons (Fsp3) is 0.333. The number of amides is 1. The van der Waals surface area contributed by atoms with E-state index in [0.717, 1.165) is 30.5 Å². The van der Waals surface area contributed by atoms with E-state index in [2.05, 4.69) is 17.2 Å². The Morgan fingerprint density at radius 2 is 2.05 bits per heavy atom. The molecule has 1 aromatic carbocycles. The normalized spacial score (nSPS) is 17.8. The molecule has 6 heteroatoms. The lowest BCUT2D eigenvalue weighted by atomic mass is 10.1. The molecule has 1 aromatic heterocycles. The molecule has 0 bridgehead atoms. The number of pyridine rings is 1. The number of nitrogens with one attached hydrogen (secondary N) is 1. The molecule has 1 atom stereocenters. The summed E-state index contributed by atoms with van der Waals surface area (Å²) in [5.74, 6) is 0.0818. The molecule has 3 rings (SSSR count). The molecule has 2 heterocycles. The average Bonchev–Trinajstić information content (AvgIpc) is 2.46. The molecule has 0 radical (unpaired) electrons. The molecule has 0 aliphatic carbocycles. The molecule has 1 unspecified atom stereocenters. The molecule has 1 aliphatic heterocycles. The standard InChI is InChI=1S/C15H17N3O.2ClH/c1-11-10-16-8-9-18(11)15(19)13-6-2-4-12-5-3-7-17-14(12)13;;/h2-7,11,16H,8-10H2,1H3;2*1H. The fourth-order valence-electron chi connectivity index (χ4n) is 2.57. The number of rotatable bonds is 1. The van der Waals surface area contributed by atoms with Crippen molar-refractivity contribution in [3.8, 4) is 0 Å². The second kappa shape index (κ2) is 7.59. The monoisotopic (exact) mass is 327 g/mol. The Hall–Kier alpha value is -1.36. The summed E-state index contributed by atoms with van der Waals surface area (Å²) in [7, 11) is 0. The predicted octanol–water partition coefficient (Wildman–Crippen LogP) is 2.51. The maximum Gasteiger partial charge on any atom is 0.256 e. The maximum atomic E-state index is 12.7. The molecule has 4 nitrogen and oxygen atoms in total. The van der Waals surface area contributed by atoms with E-state index in [0.29, 0.717) is 5.56 Å². The minimum absolute atomic E-state index is 0. The first-order valence-corrected chi connectivity index (χ1v) is 6.63. The number of carbonyl (C=O) groups excluding carboxylic acids is 1. The van der Waals surface area contributed by atoms with Crippen LogP contribution in [0.4, 0.5) is 0 Å². The summed E-state index contributed by atoms with van der Waals surface area (Å²) in [6.45, 7) is 4.53. The summed E-state index contributed by atoms with van der Waals surface area (Å²) >= 11 is 0. The number of piperazine rings is 1. The Kier molecular flexibility index (Phi) is 6.40. The van der Waals surface area contributed by atoms with Gasteiger partial charge in [0.15, 0.2) is 0 Å². The van der Waals surface area contributed by atoms with Crippen LogP contribution in [0, 0.1) is 0 Å². The number of nitrogens with zero attached hydrogens (tertiary/aromatic N) is 2. The van der Waals surface area contributed by atoms with Gasteiger partial charge in [0, 0.05) is 37.3 Å². The van der Waals surface area contributed by atoms with Gasteiger partial charge in [-0.25, -0.2) is 0 Å². The van der Waals surface area contributed by atoms with Crippen LogP contribution in [0.3, 0.4) is 0 Å². The van der Waals surface area contributed by atoms with Gasteiger partial charge in [-0.2, -0.15) is 0 Å². The third-order valence-corrected chi connectivity index (χ3v) is 3.63. The van der Waals surface area contributed by atoms with E-state index in [1.165, 1.54) is 0 Å². The van der Waals surface area contributed by atoms with Crippen LogP contribution in [0.15, 0.2) is 36.5 Å². The van der Waals surface area contributed by atoms with Crippen molar-refractivity contribution in [3.05, 3.63) is 42.1 Å². The lowest BCUT2D eigenvalue weighted by Gasteiger charge is -2.34. The van der Waals surface area contributed by atoms with Crippen molar-refractivity contribution in [1.82, 2.24) is 15.2 Å². The summed E-state index contributed by atoms with van der Waals surface area (Å²) in [6, 6.07) is 9.88. The van der Waals surface area contributed by atoms with Crippen LogP contribution in [0.5, 0.6) is 0 Å². The minimum Gasteiger partial charge on any atom is -0.333 e. The third kappa shape index (κ3) is 3.46. The molecule has 1 saturated heterocycles.